The Morgan fingerprint density at radius 3 is 2.83 bits per heavy atom. The number of piperidine rings is 1. The van der Waals surface area contributed by atoms with Crippen molar-refractivity contribution < 1.29 is 18.7 Å². The fourth-order valence-electron chi connectivity index (χ4n) is 3.28. The summed E-state index contributed by atoms with van der Waals surface area (Å²) in [6.45, 7) is 2.42. The van der Waals surface area contributed by atoms with E-state index in [1.165, 1.54) is 0 Å². The number of benzene rings is 1. The molecule has 1 aliphatic heterocycles. The molecule has 6 nitrogen and oxygen atoms in total. The second kappa shape index (κ2) is 6.55. The lowest BCUT2D eigenvalue weighted by Crippen LogP contribution is -2.51. The van der Waals surface area contributed by atoms with E-state index in [1.54, 1.807) is 31.2 Å². The Morgan fingerprint density at radius 1 is 1.33 bits per heavy atom. The molecule has 1 fully saturated rings. The smallest absolute Gasteiger partial charge is 0.290 e. The highest BCUT2D eigenvalue weighted by Crippen LogP contribution is 2.30. The van der Waals surface area contributed by atoms with Crippen LogP contribution < -0.4 is 10.1 Å². The molecule has 0 bridgehead atoms. The molecule has 6 heteroatoms. The second-order valence-corrected chi connectivity index (χ2v) is 6.04. The van der Waals surface area contributed by atoms with Gasteiger partial charge in [0.25, 0.3) is 5.91 Å². The largest absolute Gasteiger partial charge is 0.497 e. The predicted octanol–water partition coefficient (Wildman–Crippen LogP) is 2.49. The Labute approximate surface area is 140 Å². The summed E-state index contributed by atoms with van der Waals surface area (Å²) in [4.78, 5) is 26.7. The van der Waals surface area contributed by atoms with Gasteiger partial charge in [0.2, 0.25) is 5.91 Å². The van der Waals surface area contributed by atoms with Gasteiger partial charge in [-0.05, 0) is 44.4 Å². The van der Waals surface area contributed by atoms with Gasteiger partial charge in [-0.25, -0.2) is 0 Å². The number of furan rings is 1. The van der Waals surface area contributed by atoms with Crippen LogP contribution in [0.3, 0.4) is 0 Å². The van der Waals surface area contributed by atoms with Crippen LogP contribution in [-0.2, 0) is 4.79 Å². The molecule has 128 valence electrons. The monoisotopic (exact) mass is 330 g/mol. The first-order valence-corrected chi connectivity index (χ1v) is 8.16. The summed E-state index contributed by atoms with van der Waals surface area (Å²) in [6, 6.07) is 5.02. The molecule has 1 atom stereocenters. The number of ether oxygens (including phenoxy) is 1. The molecule has 0 aliphatic carbocycles. The maximum Gasteiger partial charge on any atom is 0.290 e. The van der Waals surface area contributed by atoms with Crippen LogP contribution in [0.4, 0.5) is 0 Å². The number of likely N-dealkylation sites (tertiary alicyclic amines) is 1. The van der Waals surface area contributed by atoms with Crippen molar-refractivity contribution in [2.75, 3.05) is 20.7 Å². The zero-order valence-corrected chi connectivity index (χ0v) is 14.2. The highest BCUT2D eigenvalue weighted by atomic mass is 16.5. The first-order chi connectivity index (χ1) is 11.6. The van der Waals surface area contributed by atoms with E-state index in [9.17, 15) is 9.59 Å². The molecular weight excluding hydrogens is 308 g/mol. The van der Waals surface area contributed by atoms with Crippen LogP contribution in [0.2, 0.25) is 0 Å². The van der Waals surface area contributed by atoms with E-state index in [4.69, 9.17) is 9.15 Å². The number of methoxy groups -OCH3 is 1. The van der Waals surface area contributed by atoms with Crippen molar-refractivity contribution >= 4 is 22.8 Å². The summed E-state index contributed by atoms with van der Waals surface area (Å²) in [5.41, 5.74) is 1.42. The number of rotatable bonds is 3. The molecule has 2 amide bonds. The number of nitrogens with one attached hydrogen (secondary N) is 1. The van der Waals surface area contributed by atoms with Gasteiger partial charge in [-0.1, -0.05) is 0 Å². The van der Waals surface area contributed by atoms with Crippen LogP contribution in [0.25, 0.3) is 11.0 Å². The molecule has 0 spiro atoms. The highest BCUT2D eigenvalue weighted by Gasteiger charge is 2.34. The van der Waals surface area contributed by atoms with Gasteiger partial charge in [0.15, 0.2) is 5.76 Å². The average molecular weight is 330 g/mol. The number of aryl methyl sites for hydroxylation is 1. The molecule has 2 heterocycles. The van der Waals surface area contributed by atoms with Gasteiger partial charge >= 0.3 is 0 Å². The van der Waals surface area contributed by atoms with Gasteiger partial charge in [-0.3, -0.25) is 9.59 Å². The minimum absolute atomic E-state index is 0.126. The molecule has 1 N–H and O–H groups in total. The molecule has 2 aromatic rings. The van der Waals surface area contributed by atoms with Crippen LogP contribution in [0.5, 0.6) is 5.75 Å². The van der Waals surface area contributed by atoms with E-state index in [0.717, 1.165) is 23.8 Å². The first kappa shape index (κ1) is 16.4. The summed E-state index contributed by atoms with van der Waals surface area (Å²) >= 11 is 0. The van der Waals surface area contributed by atoms with E-state index in [2.05, 4.69) is 5.32 Å². The molecule has 0 saturated carbocycles. The van der Waals surface area contributed by atoms with Crippen molar-refractivity contribution in [2.24, 2.45) is 0 Å². The lowest BCUT2D eigenvalue weighted by molar-refractivity contribution is -0.126. The Morgan fingerprint density at radius 2 is 2.12 bits per heavy atom. The molecule has 24 heavy (non-hydrogen) atoms. The molecular formula is C18H22N2O4. The van der Waals surface area contributed by atoms with E-state index in [-0.39, 0.29) is 11.8 Å². The van der Waals surface area contributed by atoms with Crippen molar-refractivity contribution in [3.8, 4) is 5.75 Å². The minimum atomic E-state index is -0.432. The van der Waals surface area contributed by atoms with Gasteiger partial charge in [-0.2, -0.15) is 0 Å². The van der Waals surface area contributed by atoms with Crippen molar-refractivity contribution in [3.63, 3.8) is 0 Å². The summed E-state index contributed by atoms with van der Waals surface area (Å²) in [6.07, 6.45) is 2.52. The van der Waals surface area contributed by atoms with E-state index in [0.29, 0.717) is 30.1 Å². The van der Waals surface area contributed by atoms with Crippen LogP contribution >= 0.6 is 0 Å². The third kappa shape index (κ3) is 2.72. The van der Waals surface area contributed by atoms with Gasteiger partial charge in [0.1, 0.15) is 17.4 Å². The van der Waals surface area contributed by atoms with E-state index in [1.807, 2.05) is 13.0 Å². The van der Waals surface area contributed by atoms with Crippen molar-refractivity contribution in [1.82, 2.24) is 10.2 Å². The predicted molar refractivity (Wildman–Crippen MR) is 90.2 cm³/mol. The van der Waals surface area contributed by atoms with E-state index >= 15 is 0 Å². The number of carbonyl (C=O) groups is 2. The lowest BCUT2D eigenvalue weighted by Gasteiger charge is -2.33. The number of nitrogens with zero attached hydrogens (tertiary/aromatic N) is 1. The molecule has 0 radical (unpaired) electrons. The van der Waals surface area contributed by atoms with Crippen LogP contribution in [0.1, 0.15) is 35.4 Å². The Balaban J connectivity index is 1.98. The molecule has 1 aromatic heterocycles. The van der Waals surface area contributed by atoms with Crippen molar-refractivity contribution in [1.29, 1.82) is 0 Å². The SMILES string of the molecule is CNC(=O)[C@@H]1CCCCN1C(=O)c1oc2ccc(OC)cc2c1C. The number of carbonyl (C=O) groups excluding carboxylic acids is 2. The van der Waals surface area contributed by atoms with Crippen LogP contribution in [-0.4, -0.2) is 43.5 Å². The topological polar surface area (TPSA) is 71.8 Å². The maximum absolute atomic E-state index is 13.0. The number of hydrogen-bond acceptors (Lipinski definition) is 4. The normalized spacial score (nSPS) is 17.8. The number of fused-ring (bicyclic) bond motifs is 1. The third-order valence-corrected chi connectivity index (χ3v) is 4.65. The maximum atomic E-state index is 13.0. The van der Waals surface area contributed by atoms with Crippen LogP contribution in [0.15, 0.2) is 22.6 Å². The van der Waals surface area contributed by atoms with Crippen molar-refractivity contribution in [2.45, 2.75) is 32.2 Å². The molecule has 1 aliphatic rings. The quantitative estimate of drug-likeness (QED) is 0.938. The summed E-state index contributed by atoms with van der Waals surface area (Å²) < 4.78 is 11.0. The average Bonchev–Trinajstić information content (AvgIpc) is 2.96. The molecule has 1 saturated heterocycles. The zero-order chi connectivity index (χ0) is 17.3. The molecule has 3 rings (SSSR count). The van der Waals surface area contributed by atoms with Crippen molar-refractivity contribution in [3.05, 3.63) is 29.5 Å². The Kier molecular flexibility index (Phi) is 4.46. The summed E-state index contributed by atoms with van der Waals surface area (Å²) in [7, 11) is 3.20. The molecule has 1 aromatic carbocycles. The summed E-state index contributed by atoms with van der Waals surface area (Å²) in [5, 5.41) is 3.50. The first-order valence-electron chi connectivity index (χ1n) is 8.16. The highest BCUT2D eigenvalue weighted by molar-refractivity contribution is 6.01. The number of amides is 2. The van der Waals surface area contributed by atoms with Gasteiger partial charge in [0, 0.05) is 24.5 Å². The third-order valence-electron chi connectivity index (χ3n) is 4.65. The zero-order valence-electron chi connectivity index (χ0n) is 14.2. The van der Waals surface area contributed by atoms with Crippen LogP contribution in [0, 0.1) is 6.92 Å². The lowest BCUT2D eigenvalue weighted by atomic mass is 10.0. The van der Waals surface area contributed by atoms with Gasteiger partial charge in [-0.15, -0.1) is 0 Å². The summed E-state index contributed by atoms with van der Waals surface area (Å²) in [5.74, 6) is 0.662. The standard InChI is InChI=1S/C18H22N2O4/c1-11-13-10-12(23-3)7-8-15(13)24-16(11)18(22)20-9-5-4-6-14(20)17(21)19-2/h7-8,10,14H,4-6,9H2,1-3H3,(H,19,21)/t14-/m0/s1. The Hall–Kier alpha value is -2.50. The minimum Gasteiger partial charge on any atom is -0.497 e. The fourth-order valence-corrected chi connectivity index (χ4v) is 3.28. The van der Waals surface area contributed by atoms with Gasteiger partial charge < -0.3 is 19.4 Å². The fraction of sp³-hybridized carbons (Fsp3) is 0.444. The number of hydrogen-bond donors (Lipinski definition) is 1. The Bertz CT molecular complexity index is 781. The molecule has 0 unspecified atom stereocenters. The second-order valence-electron chi connectivity index (χ2n) is 6.04. The van der Waals surface area contributed by atoms with Gasteiger partial charge in [0.05, 0.1) is 7.11 Å². The number of likely N-dealkylation sites (N-methyl/N-ethyl adjacent to an activating group) is 1. The van der Waals surface area contributed by atoms with E-state index < -0.39 is 6.04 Å².